The highest BCUT2D eigenvalue weighted by Crippen LogP contribution is 2.34. The molecule has 0 unspecified atom stereocenters. The van der Waals surface area contributed by atoms with E-state index in [4.69, 9.17) is 27.4 Å². The molecule has 1 aliphatic rings. The second-order valence-corrected chi connectivity index (χ2v) is 13.1. The van der Waals surface area contributed by atoms with Crippen LogP contribution >= 0.6 is 23.2 Å². The highest BCUT2D eigenvalue weighted by Gasteiger charge is 2.31. The number of benzene rings is 2. The first-order valence-corrected chi connectivity index (χ1v) is 15.6. The van der Waals surface area contributed by atoms with Gasteiger partial charge in [-0.3, -0.25) is 4.79 Å². The number of halogens is 5. The number of carbonyl (C=O) groups excluding carboxylic acids is 1. The molecule has 4 rings (SSSR count). The summed E-state index contributed by atoms with van der Waals surface area (Å²) in [7, 11) is -0.419. The van der Waals surface area contributed by atoms with Gasteiger partial charge in [-0.05, 0) is 89.2 Å². The Bertz CT molecular complexity index is 1540. The molecule has 0 bridgehead atoms. The number of nitrogens with one attached hydrogen (secondary N) is 1. The Morgan fingerprint density at radius 1 is 1.14 bits per heavy atom. The van der Waals surface area contributed by atoms with Crippen molar-refractivity contribution in [3.63, 3.8) is 0 Å². The van der Waals surface area contributed by atoms with E-state index >= 15 is 0 Å². The van der Waals surface area contributed by atoms with Crippen molar-refractivity contribution < 1.29 is 30.6 Å². The maximum atomic E-state index is 13.5. The second kappa shape index (κ2) is 12.8. The molecule has 1 saturated carbocycles. The number of rotatable bonds is 9. The molecule has 3 aromatic rings. The number of amides is 1. The van der Waals surface area contributed by atoms with Crippen molar-refractivity contribution in [2.45, 2.75) is 57.3 Å². The predicted molar refractivity (Wildman–Crippen MR) is 156 cm³/mol. The Morgan fingerprint density at radius 3 is 2.45 bits per heavy atom. The summed E-state index contributed by atoms with van der Waals surface area (Å²) in [6, 6.07) is 10.9. The van der Waals surface area contributed by atoms with Gasteiger partial charge >= 0.3 is 16.3 Å². The molecule has 0 aliphatic heterocycles. The lowest BCUT2D eigenvalue weighted by Crippen LogP contribution is -2.44. The summed E-state index contributed by atoms with van der Waals surface area (Å²) in [6.45, 7) is 1.74. The molecule has 1 aliphatic carbocycles. The predicted octanol–water partition coefficient (Wildman–Crippen LogP) is 6.42. The third-order valence-electron chi connectivity index (χ3n) is 7.17. The van der Waals surface area contributed by atoms with Crippen LogP contribution in [0.25, 0.3) is 16.9 Å². The normalized spacial score (nSPS) is 17.8. The summed E-state index contributed by atoms with van der Waals surface area (Å²) in [4.78, 5) is 15.7. The topological polar surface area (TPSA) is 93.5 Å². The number of carbonyl (C=O) groups is 1. The van der Waals surface area contributed by atoms with Crippen LogP contribution in [0, 0.1) is 6.92 Å². The van der Waals surface area contributed by atoms with Gasteiger partial charge in [-0.2, -0.15) is 26.7 Å². The Hall–Kier alpha value is -2.80. The van der Waals surface area contributed by atoms with Gasteiger partial charge in [0.2, 0.25) is 0 Å². The van der Waals surface area contributed by atoms with E-state index in [1.807, 2.05) is 14.1 Å². The Balaban J connectivity index is 1.66. The zero-order chi connectivity index (χ0) is 30.8. The molecule has 2 atom stereocenters. The molecule has 228 valence electrons. The van der Waals surface area contributed by atoms with E-state index in [0.717, 1.165) is 25.7 Å². The van der Waals surface area contributed by atoms with Crippen molar-refractivity contribution in [3.8, 4) is 22.7 Å². The molecule has 1 aromatic heterocycles. The van der Waals surface area contributed by atoms with Crippen LogP contribution in [0.5, 0.6) is 5.75 Å². The lowest BCUT2D eigenvalue weighted by atomic mass is 9.90. The molecule has 42 heavy (non-hydrogen) atoms. The van der Waals surface area contributed by atoms with Gasteiger partial charge in [-0.15, -0.1) is 0 Å². The molecule has 14 heteroatoms. The fraction of sp³-hybridized carbons (Fsp3) is 0.429. The van der Waals surface area contributed by atoms with E-state index in [1.54, 1.807) is 25.1 Å². The van der Waals surface area contributed by atoms with Gasteiger partial charge in [-0.25, -0.2) is 4.68 Å². The first kappa shape index (κ1) is 32.1. The van der Waals surface area contributed by atoms with E-state index in [0.29, 0.717) is 33.6 Å². The van der Waals surface area contributed by atoms with Gasteiger partial charge in [0.05, 0.1) is 28.6 Å². The van der Waals surface area contributed by atoms with Crippen LogP contribution in [0.1, 0.15) is 48.2 Å². The Labute approximate surface area is 252 Å². The minimum atomic E-state index is -4.63. The lowest BCUT2D eigenvalue weighted by Gasteiger charge is -2.33. The quantitative estimate of drug-likeness (QED) is 0.270. The van der Waals surface area contributed by atoms with E-state index in [9.17, 15) is 26.4 Å². The van der Waals surface area contributed by atoms with Gasteiger partial charge < -0.3 is 14.4 Å². The van der Waals surface area contributed by atoms with Crippen LogP contribution in [0.4, 0.5) is 13.2 Å². The summed E-state index contributed by atoms with van der Waals surface area (Å²) in [6.07, 6.45) is -2.41. The first-order valence-electron chi connectivity index (χ1n) is 13.2. The molecule has 0 radical (unpaired) electrons. The lowest BCUT2D eigenvalue weighted by molar-refractivity contribution is -0.130. The van der Waals surface area contributed by atoms with Crippen LogP contribution in [0.3, 0.4) is 0 Å². The molecule has 1 N–H and O–H groups in total. The average molecular weight is 648 g/mol. The van der Waals surface area contributed by atoms with E-state index in [2.05, 4.69) is 15.3 Å². The second-order valence-electron chi connectivity index (χ2n) is 10.5. The number of hydrogen-bond donors (Lipinski definition) is 1. The molecular formula is C28H31Cl2F3N4O4S. The van der Waals surface area contributed by atoms with Gasteiger partial charge in [0.1, 0.15) is 5.75 Å². The Kier molecular flexibility index (Phi) is 9.81. The van der Waals surface area contributed by atoms with Crippen molar-refractivity contribution in [2.75, 3.05) is 19.8 Å². The van der Waals surface area contributed by atoms with Crippen molar-refractivity contribution in [2.24, 2.45) is 0 Å². The van der Waals surface area contributed by atoms with Gasteiger partial charge in [0.25, 0.3) is 5.91 Å². The van der Waals surface area contributed by atoms with Crippen molar-refractivity contribution in [3.05, 3.63) is 63.8 Å². The molecule has 1 amide bonds. The van der Waals surface area contributed by atoms with Gasteiger partial charge in [-0.1, -0.05) is 23.2 Å². The molecule has 1 heterocycles. The zero-order valence-electron chi connectivity index (χ0n) is 23.2. The van der Waals surface area contributed by atoms with Crippen LogP contribution in [-0.4, -0.2) is 67.1 Å². The molecule has 0 spiro atoms. The van der Waals surface area contributed by atoms with E-state index < -0.39 is 28.5 Å². The number of nitrogens with zero attached hydrogens (tertiary/aromatic N) is 3. The molecule has 2 aromatic carbocycles. The summed E-state index contributed by atoms with van der Waals surface area (Å²) < 4.78 is 68.0. The highest BCUT2D eigenvalue weighted by molar-refractivity contribution is 7.87. The van der Waals surface area contributed by atoms with E-state index in [-0.39, 0.29) is 28.4 Å². The van der Waals surface area contributed by atoms with Crippen LogP contribution in [-0.2, 0) is 10.1 Å². The van der Waals surface area contributed by atoms with Crippen molar-refractivity contribution in [1.29, 1.82) is 0 Å². The maximum absolute atomic E-state index is 13.5. The third kappa shape index (κ3) is 7.97. The van der Waals surface area contributed by atoms with Crippen LogP contribution in [0.15, 0.2) is 42.5 Å². The third-order valence-corrected chi connectivity index (χ3v) is 8.86. The summed E-state index contributed by atoms with van der Waals surface area (Å²) in [5, 5.41) is 8.45. The monoisotopic (exact) mass is 646 g/mol. The molecule has 0 saturated heterocycles. The zero-order valence-corrected chi connectivity index (χ0v) is 25.5. The van der Waals surface area contributed by atoms with Crippen molar-refractivity contribution in [1.82, 2.24) is 20.0 Å². The molecular weight excluding hydrogens is 616 g/mol. The minimum absolute atomic E-state index is 0.0125. The van der Waals surface area contributed by atoms with Crippen LogP contribution in [0.2, 0.25) is 10.0 Å². The average Bonchev–Trinajstić information content (AvgIpc) is 3.24. The van der Waals surface area contributed by atoms with Crippen LogP contribution < -0.4 is 9.50 Å². The summed E-state index contributed by atoms with van der Waals surface area (Å²) >= 11 is 12.6. The number of aromatic nitrogens is 2. The van der Waals surface area contributed by atoms with E-state index in [1.165, 1.54) is 28.9 Å². The van der Waals surface area contributed by atoms with Crippen molar-refractivity contribution >= 4 is 39.2 Å². The maximum Gasteiger partial charge on any atom is 0.390 e. The highest BCUT2D eigenvalue weighted by atomic mass is 35.5. The summed E-state index contributed by atoms with van der Waals surface area (Å²) in [5.74, 6) is -1.69. The van der Waals surface area contributed by atoms with Gasteiger partial charge in [0.15, 0.2) is 5.69 Å². The fourth-order valence-corrected chi connectivity index (χ4v) is 6.45. The smallest absolute Gasteiger partial charge is 0.382 e. The SMILES string of the molecule is Cc1c(C(=O)N[C@H]2CCC[C@@H](N(C)C)C2)nn(-c2ccc(Cl)cc2Cl)c1-c1ccc(OS(=O)(=O)CCC(F)(F)F)cc1. The summed E-state index contributed by atoms with van der Waals surface area (Å²) in [5.41, 5.74) is 2.24. The fourth-order valence-electron chi connectivity index (χ4n) is 4.99. The van der Waals surface area contributed by atoms with Gasteiger partial charge in [0, 0.05) is 28.2 Å². The Morgan fingerprint density at radius 2 is 1.83 bits per heavy atom. The number of hydrogen-bond acceptors (Lipinski definition) is 6. The first-order chi connectivity index (χ1) is 19.6. The standard InChI is InChI=1S/C28H31Cl2F3N4O4S/c1-17-25(27(38)34-20-5-4-6-21(16-20)36(2)3)35-37(24-12-9-19(29)15-23(24)30)26(17)18-7-10-22(11-8-18)41-42(39,40)14-13-28(31,32)33/h7-12,15,20-21H,4-6,13-14,16H2,1-3H3,(H,34,38)/t20-,21+/m0/s1. The minimum Gasteiger partial charge on any atom is -0.382 e. The molecule has 1 fully saturated rings. The molecule has 8 nitrogen and oxygen atoms in total. The largest absolute Gasteiger partial charge is 0.390 e. The number of alkyl halides is 3.